The summed E-state index contributed by atoms with van der Waals surface area (Å²) in [5, 5.41) is 17.7. The lowest BCUT2D eigenvalue weighted by Crippen LogP contribution is -2.12. The zero-order valence-electron chi connectivity index (χ0n) is 10.9. The molecule has 1 heterocycles. The summed E-state index contributed by atoms with van der Waals surface area (Å²) < 4.78 is 9.98. The third kappa shape index (κ3) is 3.51. The van der Waals surface area contributed by atoms with E-state index in [0.717, 1.165) is 12.1 Å². The molecule has 1 aromatic heterocycles. The van der Waals surface area contributed by atoms with Gasteiger partial charge in [0.2, 0.25) is 12.2 Å². The van der Waals surface area contributed by atoms with Crippen molar-refractivity contribution in [2.75, 3.05) is 6.54 Å². The molecule has 1 N–H and O–H groups in total. The predicted molar refractivity (Wildman–Crippen MR) is 69.1 cm³/mol. The Morgan fingerprint density at radius 3 is 3.00 bits per heavy atom. The molecule has 20 heavy (non-hydrogen) atoms. The van der Waals surface area contributed by atoms with Crippen molar-refractivity contribution in [1.29, 1.82) is 0 Å². The second kappa shape index (κ2) is 6.62. The van der Waals surface area contributed by atoms with Gasteiger partial charge in [-0.05, 0) is 18.2 Å². The van der Waals surface area contributed by atoms with E-state index in [-0.39, 0.29) is 18.0 Å². The van der Waals surface area contributed by atoms with Gasteiger partial charge < -0.3 is 14.6 Å². The maximum absolute atomic E-state index is 11.0. The Morgan fingerprint density at radius 2 is 2.35 bits per heavy atom. The minimum atomic E-state index is -0.484. The van der Waals surface area contributed by atoms with Crippen LogP contribution >= 0.6 is 0 Å². The highest BCUT2D eigenvalue weighted by molar-refractivity contribution is 5.48. The van der Waals surface area contributed by atoms with Gasteiger partial charge in [0.1, 0.15) is 0 Å². The van der Waals surface area contributed by atoms with E-state index in [1.54, 1.807) is 12.1 Å². The molecule has 0 saturated carbocycles. The number of benzene rings is 1. The number of ether oxygens (including phenoxy) is 1. The van der Waals surface area contributed by atoms with Crippen LogP contribution in [0.15, 0.2) is 29.1 Å². The lowest BCUT2D eigenvalue weighted by Gasteiger charge is -2.07. The van der Waals surface area contributed by atoms with Crippen molar-refractivity contribution in [3.05, 3.63) is 46.1 Å². The van der Waals surface area contributed by atoms with E-state index in [0.29, 0.717) is 12.4 Å². The number of hydrogen-bond donors (Lipinski definition) is 1. The fourth-order valence-electron chi connectivity index (χ4n) is 1.60. The maximum Gasteiger partial charge on any atom is 0.310 e. The SMILES string of the molecule is CCNCc1ccc([N+](=O)[O-])c(OCc2ncon2)c1. The van der Waals surface area contributed by atoms with Crippen LogP contribution in [0, 0.1) is 10.1 Å². The van der Waals surface area contributed by atoms with Gasteiger partial charge in [0.05, 0.1) is 4.92 Å². The Bertz CT molecular complexity index is 571. The van der Waals surface area contributed by atoms with Crippen LogP contribution < -0.4 is 10.1 Å². The van der Waals surface area contributed by atoms with Crippen molar-refractivity contribution in [1.82, 2.24) is 15.5 Å². The van der Waals surface area contributed by atoms with E-state index >= 15 is 0 Å². The van der Waals surface area contributed by atoms with E-state index in [9.17, 15) is 10.1 Å². The highest BCUT2D eigenvalue weighted by Gasteiger charge is 2.16. The van der Waals surface area contributed by atoms with Gasteiger partial charge in [-0.2, -0.15) is 4.98 Å². The molecule has 2 rings (SSSR count). The van der Waals surface area contributed by atoms with Gasteiger partial charge in [-0.1, -0.05) is 18.1 Å². The molecule has 8 heteroatoms. The van der Waals surface area contributed by atoms with E-state index in [2.05, 4.69) is 20.0 Å². The third-order valence-electron chi connectivity index (χ3n) is 2.56. The average Bonchev–Trinajstić information content (AvgIpc) is 2.96. The van der Waals surface area contributed by atoms with Crippen molar-refractivity contribution >= 4 is 5.69 Å². The summed E-state index contributed by atoms with van der Waals surface area (Å²) in [6, 6.07) is 4.76. The van der Waals surface area contributed by atoms with Crippen LogP contribution in [0.2, 0.25) is 0 Å². The molecule has 1 aromatic carbocycles. The van der Waals surface area contributed by atoms with Crippen LogP contribution in [0.4, 0.5) is 5.69 Å². The lowest BCUT2D eigenvalue weighted by molar-refractivity contribution is -0.386. The second-order valence-corrected chi connectivity index (χ2v) is 3.98. The molecule has 106 valence electrons. The molecular formula is C12H14N4O4. The molecule has 8 nitrogen and oxygen atoms in total. The smallest absolute Gasteiger partial charge is 0.310 e. The van der Waals surface area contributed by atoms with Crippen LogP contribution in [0.5, 0.6) is 5.75 Å². The molecule has 0 radical (unpaired) electrons. The number of nitro groups is 1. The molecule has 0 aliphatic rings. The molecule has 0 bridgehead atoms. The fraction of sp³-hybridized carbons (Fsp3) is 0.333. The first-order chi connectivity index (χ1) is 9.70. The van der Waals surface area contributed by atoms with E-state index in [1.807, 2.05) is 6.92 Å². The van der Waals surface area contributed by atoms with E-state index in [1.165, 1.54) is 12.5 Å². The van der Waals surface area contributed by atoms with Gasteiger partial charge in [-0.25, -0.2) is 0 Å². The lowest BCUT2D eigenvalue weighted by atomic mass is 10.2. The highest BCUT2D eigenvalue weighted by Crippen LogP contribution is 2.28. The summed E-state index contributed by atoms with van der Waals surface area (Å²) in [6.45, 7) is 3.43. The number of nitrogens with zero attached hydrogens (tertiary/aromatic N) is 3. The van der Waals surface area contributed by atoms with Crippen molar-refractivity contribution < 1.29 is 14.2 Å². The van der Waals surface area contributed by atoms with Gasteiger partial charge in [-0.3, -0.25) is 10.1 Å². The van der Waals surface area contributed by atoms with Gasteiger partial charge in [0.25, 0.3) is 0 Å². The molecule has 0 amide bonds. The summed E-state index contributed by atoms with van der Waals surface area (Å²) in [6.07, 6.45) is 1.18. The van der Waals surface area contributed by atoms with E-state index in [4.69, 9.17) is 4.74 Å². The molecule has 2 aromatic rings. The Hall–Kier alpha value is -2.48. The average molecular weight is 278 g/mol. The highest BCUT2D eigenvalue weighted by atomic mass is 16.6. The third-order valence-corrected chi connectivity index (χ3v) is 2.56. The summed E-state index contributed by atoms with van der Waals surface area (Å²) in [7, 11) is 0. The van der Waals surface area contributed by atoms with Crippen LogP contribution in [0.25, 0.3) is 0 Å². The normalized spacial score (nSPS) is 10.4. The number of hydrogen-bond acceptors (Lipinski definition) is 7. The van der Waals surface area contributed by atoms with Crippen LogP contribution in [-0.2, 0) is 13.2 Å². The molecule has 0 saturated heterocycles. The second-order valence-electron chi connectivity index (χ2n) is 3.98. The number of nitro benzene ring substituents is 1. The van der Waals surface area contributed by atoms with Gasteiger partial charge >= 0.3 is 5.69 Å². The van der Waals surface area contributed by atoms with Crippen molar-refractivity contribution in [2.45, 2.75) is 20.1 Å². The Kier molecular flexibility index (Phi) is 4.61. The first-order valence-corrected chi connectivity index (χ1v) is 6.06. The summed E-state index contributed by atoms with van der Waals surface area (Å²) in [5.74, 6) is 0.520. The topological polar surface area (TPSA) is 103 Å². The summed E-state index contributed by atoms with van der Waals surface area (Å²) in [5.41, 5.74) is 0.814. The summed E-state index contributed by atoms with van der Waals surface area (Å²) >= 11 is 0. The first kappa shape index (κ1) is 13.9. The van der Waals surface area contributed by atoms with Gasteiger partial charge in [-0.15, -0.1) is 0 Å². The van der Waals surface area contributed by atoms with Crippen LogP contribution in [0.3, 0.4) is 0 Å². The zero-order chi connectivity index (χ0) is 14.4. The number of rotatable bonds is 7. The standard InChI is InChI=1S/C12H14N4O4/c1-2-13-6-9-3-4-10(16(17)18)11(5-9)19-7-12-14-8-20-15-12/h3-5,8,13H,2,6-7H2,1H3. The Balaban J connectivity index is 2.15. The van der Waals surface area contributed by atoms with Gasteiger partial charge in [0.15, 0.2) is 12.4 Å². The monoisotopic (exact) mass is 278 g/mol. The number of aromatic nitrogens is 2. The minimum absolute atomic E-state index is 0.0159. The minimum Gasteiger partial charge on any atom is -0.478 e. The molecule has 0 aliphatic carbocycles. The number of nitrogens with one attached hydrogen (secondary N) is 1. The van der Waals surface area contributed by atoms with Gasteiger partial charge in [0, 0.05) is 12.6 Å². The summed E-state index contributed by atoms with van der Waals surface area (Å²) in [4.78, 5) is 14.3. The molecule has 0 spiro atoms. The molecule has 0 fully saturated rings. The molecule has 0 atom stereocenters. The Labute approximate surface area is 114 Å². The Morgan fingerprint density at radius 1 is 1.50 bits per heavy atom. The molecular weight excluding hydrogens is 264 g/mol. The molecule has 0 unspecified atom stereocenters. The van der Waals surface area contributed by atoms with Crippen molar-refractivity contribution in [3.63, 3.8) is 0 Å². The molecule has 0 aliphatic heterocycles. The van der Waals surface area contributed by atoms with Crippen molar-refractivity contribution in [3.8, 4) is 5.75 Å². The maximum atomic E-state index is 11.0. The van der Waals surface area contributed by atoms with Crippen LogP contribution in [-0.4, -0.2) is 21.6 Å². The predicted octanol–water partition coefficient (Wildman–Crippen LogP) is 1.67. The first-order valence-electron chi connectivity index (χ1n) is 6.06. The fourth-order valence-corrected chi connectivity index (χ4v) is 1.60. The van der Waals surface area contributed by atoms with Crippen LogP contribution in [0.1, 0.15) is 18.3 Å². The quantitative estimate of drug-likeness (QED) is 0.606. The van der Waals surface area contributed by atoms with Crippen molar-refractivity contribution in [2.24, 2.45) is 0 Å². The zero-order valence-corrected chi connectivity index (χ0v) is 10.9. The largest absolute Gasteiger partial charge is 0.478 e. The van der Waals surface area contributed by atoms with E-state index < -0.39 is 4.92 Å².